The molecule has 1 saturated carbocycles. The monoisotopic (exact) mass is 353 g/mol. The Morgan fingerprint density at radius 1 is 1.20 bits per heavy atom. The van der Waals surface area contributed by atoms with E-state index < -0.39 is 0 Å². The number of carbonyl (C=O) groups is 1. The molecule has 0 bridgehead atoms. The van der Waals surface area contributed by atoms with Gasteiger partial charge < -0.3 is 20.9 Å². The van der Waals surface area contributed by atoms with Gasteiger partial charge >= 0.3 is 0 Å². The summed E-state index contributed by atoms with van der Waals surface area (Å²) in [6.07, 6.45) is 5.97. The lowest BCUT2D eigenvalue weighted by atomic mass is 10.2. The third-order valence-electron chi connectivity index (χ3n) is 4.51. The van der Waals surface area contributed by atoms with Crippen LogP contribution in [0.5, 0.6) is 0 Å². The summed E-state index contributed by atoms with van der Waals surface area (Å²) < 4.78 is 0. The Labute approximate surface area is 154 Å². The van der Waals surface area contributed by atoms with Gasteiger partial charge in [-0.3, -0.25) is 9.79 Å². The van der Waals surface area contributed by atoms with Crippen LogP contribution in [0.15, 0.2) is 4.99 Å². The highest BCUT2D eigenvalue weighted by molar-refractivity contribution is 5.80. The maximum atomic E-state index is 11.7. The second-order valence-corrected chi connectivity index (χ2v) is 6.92. The molecular weight excluding hydrogens is 314 g/mol. The van der Waals surface area contributed by atoms with Crippen molar-refractivity contribution in [3.8, 4) is 0 Å². The van der Waals surface area contributed by atoms with E-state index in [0.717, 1.165) is 57.8 Å². The van der Waals surface area contributed by atoms with Gasteiger partial charge in [0.2, 0.25) is 5.91 Å². The van der Waals surface area contributed by atoms with Crippen LogP contribution >= 0.6 is 0 Å². The number of hydrogen-bond donors (Lipinski definition) is 3. The molecule has 1 unspecified atom stereocenters. The average molecular weight is 354 g/mol. The van der Waals surface area contributed by atoms with Crippen LogP contribution in [0.3, 0.4) is 0 Å². The fourth-order valence-electron chi connectivity index (χ4n) is 2.74. The molecule has 25 heavy (non-hydrogen) atoms. The number of aliphatic imine (C=N–C) groups is 1. The molecule has 0 aromatic rings. The van der Waals surface area contributed by atoms with E-state index in [2.05, 4.69) is 53.5 Å². The standard InChI is InChI=1S/C19H39N5O/c1-5-20-19(21-14-8-11-18(25)23-17-12-13-17)22-16(4)10-9-15-24(6-2)7-3/h16-17H,5-15H2,1-4H3,(H,23,25)(H2,20,21,22). The van der Waals surface area contributed by atoms with E-state index in [1.165, 1.54) is 6.42 Å². The molecule has 1 amide bonds. The number of carbonyl (C=O) groups excluding carboxylic acids is 1. The van der Waals surface area contributed by atoms with Crippen molar-refractivity contribution in [1.82, 2.24) is 20.9 Å². The molecule has 6 heteroatoms. The highest BCUT2D eigenvalue weighted by Gasteiger charge is 2.22. The number of nitrogens with one attached hydrogen (secondary N) is 3. The molecule has 3 N–H and O–H groups in total. The normalized spacial score (nSPS) is 16.0. The lowest BCUT2D eigenvalue weighted by molar-refractivity contribution is -0.121. The van der Waals surface area contributed by atoms with Crippen LogP contribution in [0.25, 0.3) is 0 Å². The van der Waals surface area contributed by atoms with Gasteiger partial charge in [-0.05, 0) is 65.6 Å². The van der Waals surface area contributed by atoms with Crippen LogP contribution in [-0.2, 0) is 4.79 Å². The molecule has 1 fully saturated rings. The fourth-order valence-corrected chi connectivity index (χ4v) is 2.74. The van der Waals surface area contributed by atoms with Crippen molar-refractivity contribution in [1.29, 1.82) is 0 Å². The SMILES string of the molecule is CCNC(=NCCCC(=O)NC1CC1)NC(C)CCCN(CC)CC. The zero-order valence-electron chi connectivity index (χ0n) is 16.7. The summed E-state index contributed by atoms with van der Waals surface area (Å²) >= 11 is 0. The van der Waals surface area contributed by atoms with Crippen LogP contribution in [0, 0.1) is 0 Å². The van der Waals surface area contributed by atoms with E-state index in [9.17, 15) is 4.79 Å². The van der Waals surface area contributed by atoms with Crippen LogP contribution < -0.4 is 16.0 Å². The van der Waals surface area contributed by atoms with Gasteiger partial charge in [-0.25, -0.2) is 0 Å². The molecule has 0 radical (unpaired) electrons. The number of rotatable bonds is 13. The zero-order valence-corrected chi connectivity index (χ0v) is 16.7. The van der Waals surface area contributed by atoms with Crippen molar-refractivity contribution >= 4 is 11.9 Å². The Balaban J connectivity index is 2.22. The zero-order chi connectivity index (χ0) is 18.5. The van der Waals surface area contributed by atoms with Crippen LogP contribution in [0.4, 0.5) is 0 Å². The minimum Gasteiger partial charge on any atom is -0.357 e. The largest absolute Gasteiger partial charge is 0.357 e. The van der Waals surface area contributed by atoms with Crippen molar-refractivity contribution < 1.29 is 4.79 Å². The van der Waals surface area contributed by atoms with E-state index in [1.807, 2.05) is 0 Å². The highest BCUT2D eigenvalue weighted by Crippen LogP contribution is 2.18. The van der Waals surface area contributed by atoms with Crippen molar-refractivity contribution in [3.05, 3.63) is 0 Å². The molecule has 1 aliphatic rings. The molecule has 0 spiro atoms. The summed E-state index contributed by atoms with van der Waals surface area (Å²) in [4.78, 5) is 18.7. The molecule has 0 saturated heterocycles. The smallest absolute Gasteiger partial charge is 0.220 e. The molecule has 1 atom stereocenters. The first-order valence-corrected chi connectivity index (χ1v) is 10.2. The summed E-state index contributed by atoms with van der Waals surface area (Å²) in [7, 11) is 0. The van der Waals surface area contributed by atoms with Gasteiger partial charge in [-0.1, -0.05) is 13.8 Å². The van der Waals surface area contributed by atoms with E-state index in [1.54, 1.807) is 0 Å². The third kappa shape index (κ3) is 11.0. The Morgan fingerprint density at radius 3 is 2.52 bits per heavy atom. The minimum absolute atomic E-state index is 0.167. The Morgan fingerprint density at radius 2 is 1.92 bits per heavy atom. The van der Waals surface area contributed by atoms with Crippen molar-refractivity contribution in [2.45, 2.75) is 78.3 Å². The summed E-state index contributed by atoms with van der Waals surface area (Å²) in [5.74, 6) is 1.03. The first kappa shape index (κ1) is 21.7. The van der Waals surface area contributed by atoms with Crippen molar-refractivity contribution in [2.75, 3.05) is 32.7 Å². The maximum absolute atomic E-state index is 11.7. The lowest BCUT2D eigenvalue weighted by Gasteiger charge is -2.21. The first-order valence-electron chi connectivity index (χ1n) is 10.2. The molecule has 0 heterocycles. The van der Waals surface area contributed by atoms with Crippen molar-refractivity contribution in [2.24, 2.45) is 4.99 Å². The topological polar surface area (TPSA) is 68.8 Å². The number of hydrogen-bond acceptors (Lipinski definition) is 3. The third-order valence-corrected chi connectivity index (χ3v) is 4.51. The molecule has 6 nitrogen and oxygen atoms in total. The number of amides is 1. The van der Waals surface area contributed by atoms with E-state index in [0.29, 0.717) is 25.0 Å². The molecule has 1 aliphatic carbocycles. The molecule has 0 aromatic heterocycles. The molecular formula is C19H39N5O. The lowest BCUT2D eigenvalue weighted by Crippen LogP contribution is -2.42. The first-order chi connectivity index (χ1) is 12.1. The average Bonchev–Trinajstić information content (AvgIpc) is 3.39. The molecule has 146 valence electrons. The highest BCUT2D eigenvalue weighted by atomic mass is 16.1. The summed E-state index contributed by atoms with van der Waals surface area (Å²) in [6, 6.07) is 0.846. The van der Waals surface area contributed by atoms with Crippen LogP contribution in [0.1, 0.15) is 66.2 Å². The Hall–Kier alpha value is -1.30. The van der Waals surface area contributed by atoms with Gasteiger partial charge in [0.05, 0.1) is 0 Å². The van der Waals surface area contributed by atoms with Gasteiger partial charge in [0.15, 0.2) is 5.96 Å². The Bertz CT molecular complexity index is 391. The fraction of sp³-hybridized carbons (Fsp3) is 0.895. The van der Waals surface area contributed by atoms with Crippen molar-refractivity contribution in [3.63, 3.8) is 0 Å². The van der Waals surface area contributed by atoms with E-state index in [4.69, 9.17) is 0 Å². The minimum atomic E-state index is 0.167. The van der Waals surface area contributed by atoms with Crippen LogP contribution in [-0.4, -0.2) is 61.6 Å². The second kappa shape index (κ2) is 13.0. The predicted molar refractivity (Wildman–Crippen MR) is 106 cm³/mol. The van der Waals surface area contributed by atoms with E-state index >= 15 is 0 Å². The number of nitrogens with zero attached hydrogens (tertiary/aromatic N) is 2. The second-order valence-electron chi connectivity index (χ2n) is 6.92. The number of guanidine groups is 1. The van der Waals surface area contributed by atoms with Gasteiger partial charge in [0.25, 0.3) is 0 Å². The molecule has 1 rings (SSSR count). The summed E-state index contributed by atoms with van der Waals surface area (Å²) in [6.45, 7) is 13.6. The molecule has 0 aliphatic heterocycles. The quantitative estimate of drug-likeness (QED) is 0.269. The maximum Gasteiger partial charge on any atom is 0.220 e. The summed E-state index contributed by atoms with van der Waals surface area (Å²) in [5.41, 5.74) is 0. The van der Waals surface area contributed by atoms with E-state index in [-0.39, 0.29) is 5.91 Å². The predicted octanol–water partition coefficient (Wildman–Crippen LogP) is 2.11. The van der Waals surface area contributed by atoms with Crippen LogP contribution in [0.2, 0.25) is 0 Å². The van der Waals surface area contributed by atoms with Gasteiger partial charge in [-0.15, -0.1) is 0 Å². The van der Waals surface area contributed by atoms with Gasteiger partial charge in [0, 0.05) is 31.6 Å². The van der Waals surface area contributed by atoms with Gasteiger partial charge in [-0.2, -0.15) is 0 Å². The molecule has 0 aromatic carbocycles. The summed E-state index contributed by atoms with van der Waals surface area (Å²) in [5, 5.41) is 9.79. The van der Waals surface area contributed by atoms with Gasteiger partial charge in [0.1, 0.15) is 0 Å². The Kier molecular flexibility index (Phi) is 11.3.